The van der Waals surface area contributed by atoms with Crippen molar-refractivity contribution < 1.29 is 27.8 Å². The topological polar surface area (TPSA) is 78.5 Å². The average Bonchev–Trinajstić information content (AvgIpc) is 3.37. The minimum Gasteiger partial charge on any atom is -0.465 e. The number of rotatable bonds is 4. The Kier molecular flexibility index (Phi) is 4.68. The van der Waals surface area contributed by atoms with Gasteiger partial charge in [0.1, 0.15) is 5.75 Å². The molecular weight excluding hydrogens is 375 g/mol. The Bertz CT molecular complexity index is 846. The van der Waals surface area contributed by atoms with E-state index in [9.17, 15) is 23.1 Å². The lowest BCUT2D eigenvalue weighted by molar-refractivity contribution is -0.274. The molecule has 4 rings (SSSR count). The molecule has 1 aromatic carbocycles. The third kappa shape index (κ3) is 4.23. The quantitative estimate of drug-likeness (QED) is 0.803. The number of carbonyl (C=O) groups is 1. The van der Waals surface area contributed by atoms with Crippen LogP contribution in [0, 0.1) is 0 Å². The monoisotopic (exact) mass is 395 g/mol. The van der Waals surface area contributed by atoms with Crippen molar-refractivity contribution in [2.75, 3.05) is 13.1 Å². The van der Waals surface area contributed by atoms with E-state index in [1.807, 2.05) is 6.07 Å². The molecule has 2 aliphatic rings. The van der Waals surface area contributed by atoms with Gasteiger partial charge >= 0.3 is 12.5 Å². The zero-order valence-corrected chi connectivity index (χ0v) is 14.9. The van der Waals surface area contributed by atoms with Gasteiger partial charge in [0, 0.05) is 36.5 Å². The lowest BCUT2D eigenvalue weighted by Crippen LogP contribution is -2.41. The molecule has 2 atom stereocenters. The Morgan fingerprint density at radius 3 is 2.43 bits per heavy atom. The van der Waals surface area contributed by atoms with Crippen molar-refractivity contribution in [3.63, 3.8) is 0 Å². The normalized spacial score (nSPS) is 22.9. The predicted octanol–water partition coefficient (Wildman–Crippen LogP) is 4.44. The van der Waals surface area contributed by atoms with Crippen LogP contribution in [0.4, 0.5) is 18.0 Å². The summed E-state index contributed by atoms with van der Waals surface area (Å²) in [7, 11) is 0. The molecule has 9 heteroatoms. The van der Waals surface area contributed by atoms with Crippen LogP contribution < -0.4 is 4.74 Å². The van der Waals surface area contributed by atoms with E-state index in [0.29, 0.717) is 25.4 Å². The third-order valence-electron chi connectivity index (χ3n) is 5.36. The summed E-state index contributed by atoms with van der Waals surface area (Å²) in [6, 6.07) is 7.67. The van der Waals surface area contributed by atoms with Gasteiger partial charge in [0.2, 0.25) is 0 Å². The fraction of sp³-hybridized carbons (Fsp3) is 0.474. The van der Waals surface area contributed by atoms with Gasteiger partial charge in [0.25, 0.3) is 0 Å². The lowest BCUT2D eigenvalue weighted by Gasteiger charge is -2.36. The molecule has 1 saturated heterocycles. The van der Waals surface area contributed by atoms with Gasteiger partial charge in [0.15, 0.2) is 0 Å². The third-order valence-corrected chi connectivity index (χ3v) is 5.36. The van der Waals surface area contributed by atoms with Crippen molar-refractivity contribution in [2.45, 2.75) is 43.4 Å². The summed E-state index contributed by atoms with van der Waals surface area (Å²) in [4.78, 5) is 12.9. The van der Waals surface area contributed by atoms with E-state index in [2.05, 4.69) is 14.9 Å². The molecule has 28 heavy (non-hydrogen) atoms. The molecule has 0 bridgehead atoms. The lowest BCUT2D eigenvalue weighted by atomic mass is 9.83. The van der Waals surface area contributed by atoms with Crippen LogP contribution in [-0.4, -0.2) is 45.7 Å². The number of carboxylic acid groups (broad SMARTS) is 1. The second-order valence-electron chi connectivity index (χ2n) is 7.46. The van der Waals surface area contributed by atoms with Crippen molar-refractivity contribution in [1.29, 1.82) is 0 Å². The number of nitrogens with zero attached hydrogens (tertiary/aromatic N) is 2. The highest BCUT2D eigenvalue weighted by Gasteiger charge is 2.35. The fourth-order valence-electron chi connectivity index (χ4n) is 3.82. The number of benzene rings is 1. The van der Waals surface area contributed by atoms with Gasteiger partial charge in [0.05, 0.1) is 5.69 Å². The van der Waals surface area contributed by atoms with Gasteiger partial charge in [-0.05, 0) is 43.0 Å². The maximum atomic E-state index is 12.3. The molecule has 2 heterocycles. The standard InChI is InChI=1S/C19H20F3N3O3/c20-19(21,22)28-15-5-3-11(4-6-15)13-7-14(10-25(9-13)18(26)27)17-8-16(23-24-17)12-1-2-12/h3-6,8,12-14H,1-2,7,9-10H2,(H,23,24)(H,26,27). The highest BCUT2D eigenvalue weighted by atomic mass is 19.4. The molecule has 1 saturated carbocycles. The first-order valence-electron chi connectivity index (χ1n) is 9.17. The number of nitrogens with one attached hydrogen (secondary N) is 1. The first-order chi connectivity index (χ1) is 13.3. The van der Waals surface area contributed by atoms with E-state index in [-0.39, 0.29) is 17.6 Å². The number of aromatic nitrogens is 2. The second kappa shape index (κ2) is 7.03. The van der Waals surface area contributed by atoms with Gasteiger partial charge in [-0.3, -0.25) is 5.10 Å². The van der Waals surface area contributed by atoms with E-state index in [1.54, 1.807) is 12.1 Å². The summed E-state index contributed by atoms with van der Waals surface area (Å²) in [5, 5.41) is 16.9. The number of ether oxygens (including phenoxy) is 1. The van der Waals surface area contributed by atoms with E-state index in [0.717, 1.165) is 29.8 Å². The summed E-state index contributed by atoms with van der Waals surface area (Å²) in [6.45, 7) is 0.654. The number of piperidine rings is 1. The number of amides is 1. The van der Waals surface area contributed by atoms with Crippen LogP contribution in [0.5, 0.6) is 5.75 Å². The molecule has 150 valence electrons. The zero-order valence-electron chi connectivity index (χ0n) is 14.9. The van der Waals surface area contributed by atoms with E-state index in [4.69, 9.17) is 0 Å². The fourth-order valence-corrected chi connectivity index (χ4v) is 3.82. The Hall–Kier alpha value is -2.71. The highest BCUT2D eigenvalue weighted by Crippen LogP contribution is 2.41. The minimum absolute atomic E-state index is 0.0651. The molecule has 2 aromatic rings. The first kappa shape index (κ1) is 18.6. The SMILES string of the molecule is O=C(O)N1CC(c2ccc(OC(F)(F)F)cc2)CC(c2cc(C3CC3)[nH]n2)C1. The summed E-state index contributed by atoms with van der Waals surface area (Å²) in [6.07, 6.45) is -2.79. The number of hydrogen-bond acceptors (Lipinski definition) is 3. The highest BCUT2D eigenvalue weighted by molar-refractivity contribution is 5.65. The number of halogens is 3. The number of H-pyrrole nitrogens is 1. The van der Waals surface area contributed by atoms with Crippen molar-refractivity contribution >= 4 is 6.09 Å². The molecule has 0 radical (unpaired) electrons. The Morgan fingerprint density at radius 2 is 1.82 bits per heavy atom. The van der Waals surface area contributed by atoms with Crippen molar-refractivity contribution in [1.82, 2.24) is 15.1 Å². The van der Waals surface area contributed by atoms with Crippen LogP contribution >= 0.6 is 0 Å². The molecule has 1 aliphatic heterocycles. The smallest absolute Gasteiger partial charge is 0.465 e. The summed E-state index contributed by atoms with van der Waals surface area (Å²) < 4.78 is 40.9. The van der Waals surface area contributed by atoms with Crippen LogP contribution in [0.2, 0.25) is 0 Å². The Labute approximate surface area is 159 Å². The molecule has 2 N–H and O–H groups in total. The summed E-state index contributed by atoms with van der Waals surface area (Å²) >= 11 is 0. The van der Waals surface area contributed by atoms with Crippen LogP contribution in [0.25, 0.3) is 0 Å². The molecule has 1 amide bonds. The molecule has 6 nitrogen and oxygen atoms in total. The van der Waals surface area contributed by atoms with Crippen molar-refractivity contribution in [3.8, 4) is 5.75 Å². The van der Waals surface area contributed by atoms with E-state index < -0.39 is 12.5 Å². The van der Waals surface area contributed by atoms with Crippen LogP contribution in [0.1, 0.15) is 54.0 Å². The molecular formula is C19H20F3N3O3. The van der Waals surface area contributed by atoms with Crippen LogP contribution in [0.15, 0.2) is 30.3 Å². The zero-order chi connectivity index (χ0) is 19.9. The van der Waals surface area contributed by atoms with Gasteiger partial charge in [-0.25, -0.2) is 4.79 Å². The van der Waals surface area contributed by atoms with Crippen LogP contribution in [0.3, 0.4) is 0 Å². The van der Waals surface area contributed by atoms with Gasteiger partial charge in [-0.2, -0.15) is 5.10 Å². The molecule has 1 aliphatic carbocycles. The van der Waals surface area contributed by atoms with Gasteiger partial charge < -0.3 is 14.7 Å². The van der Waals surface area contributed by atoms with Crippen molar-refractivity contribution in [2.24, 2.45) is 0 Å². The Morgan fingerprint density at radius 1 is 1.14 bits per heavy atom. The maximum absolute atomic E-state index is 12.3. The van der Waals surface area contributed by atoms with E-state index in [1.165, 1.54) is 17.0 Å². The second-order valence-corrected chi connectivity index (χ2v) is 7.46. The minimum atomic E-state index is -4.74. The predicted molar refractivity (Wildman–Crippen MR) is 93.4 cm³/mol. The first-order valence-corrected chi connectivity index (χ1v) is 9.17. The Balaban J connectivity index is 1.52. The number of likely N-dealkylation sites (tertiary alicyclic amines) is 1. The number of aromatic amines is 1. The van der Waals surface area contributed by atoms with Crippen LogP contribution in [-0.2, 0) is 0 Å². The molecule has 2 fully saturated rings. The van der Waals surface area contributed by atoms with Gasteiger partial charge in [-0.15, -0.1) is 13.2 Å². The molecule has 0 spiro atoms. The number of alkyl halides is 3. The summed E-state index contributed by atoms with van der Waals surface area (Å²) in [5.74, 6) is 0.0398. The molecule has 1 aromatic heterocycles. The van der Waals surface area contributed by atoms with Gasteiger partial charge in [-0.1, -0.05) is 12.1 Å². The van der Waals surface area contributed by atoms with Crippen molar-refractivity contribution in [3.05, 3.63) is 47.3 Å². The van der Waals surface area contributed by atoms with E-state index >= 15 is 0 Å². The largest absolute Gasteiger partial charge is 0.573 e. The maximum Gasteiger partial charge on any atom is 0.573 e. The summed E-state index contributed by atoms with van der Waals surface area (Å²) in [5.41, 5.74) is 2.71. The molecule has 2 unspecified atom stereocenters. The average molecular weight is 395 g/mol. The number of hydrogen-bond donors (Lipinski definition) is 2.